The summed E-state index contributed by atoms with van der Waals surface area (Å²) in [6, 6.07) is 5.04. The lowest BCUT2D eigenvalue weighted by atomic mass is 10.0. The van der Waals surface area contributed by atoms with E-state index in [1.807, 2.05) is 30.3 Å². The number of hydrogen-bond donors (Lipinski definition) is 2. The molecule has 0 unspecified atom stereocenters. The summed E-state index contributed by atoms with van der Waals surface area (Å²) < 4.78 is 5.07. The van der Waals surface area contributed by atoms with Gasteiger partial charge in [0, 0.05) is 6.04 Å². The zero-order chi connectivity index (χ0) is 23.3. The predicted molar refractivity (Wildman–Crippen MR) is 115 cm³/mol. The Labute approximate surface area is 192 Å². The van der Waals surface area contributed by atoms with Crippen LogP contribution in [0.25, 0.3) is 0 Å². The van der Waals surface area contributed by atoms with E-state index in [9.17, 15) is 29.4 Å². The van der Waals surface area contributed by atoms with Gasteiger partial charge in [0.2, 0.25) is 5.91 Å². The normalized spacial score (nSPS) is 23.2. The number of carbonyl (C=O) groups excluding carboxylic acids is 3. The fourth-order valence-corrected chi connectivity index (χ4v) is 4.88. The van der Waals surface area contributed by atoms with E-state index in [0.29, 0.717) is 19.3 Å². The van der Waals surface area contributed by atoms with Gasteiger partial charge >= 0.3 is 11.9 Å². The second-order valence-corrected chi connectivity index (χ2v) is 8.34. The number of hydrogen-bond acceptors (Lipinski definition) is 7. The van der Waals surface area contributed by atoms with Crippen molar-refractivity contribution >= 4 is 23.8 Å². The van der Waals surface area contributed by atoms with Crippen LogP contribution in [0.2, 0.25) is 0 Å². The van der Waals surface area contributed by atoms with Crippen LogP contribution in [-0.2, 0) is 30.3 Å². The van der Waals surface area contributed by atoms with E-state index in [1.54, 1.807) is 6.92 Å². The lowest BCUT2D eigenvalue weighted by Crippen LogP contribution is -2.62. The minimum atomic E-state index is -1.85. The van der Waals surface area contributed by atoms with Gasteiger partial charge in [0.15, 0.2) is 0 Å². The number of carboxylic acid groups (broad SMARTS) is 2. The molecular formula is C23H31N2O8-. The van der Waals surface area contributed by atoms with E-state index in [1.165, 1.54) is 4.90 Å². The number of benzene rings is 1. The topological polar surface area (TPSA) is 168 Å². The average Bonchev–Trinajstić information content (AvgIpc) is 3.35. The monoisotopic (exact) mass is 463 g/mol. The maximum atomic E-state index is 13.3. The molecule has 4 N–H and O–H groups in total. The molecule has 3 rings (SSSR count). The van der Waals surface area contributed by atoms with Gasteiger partial charge in [-0.2, -0.15) is 0 Å². The summed E-state index contributed by atoms with van der Waals surface area (Å²) in [6.45, 7) is 1.73. The Morgan fingerprint density at radius 3 is 2.52 bits per heavy atom. The maximum Gasteiger partial charge on any atom is 0.326 e. The number of carbonyl (C=O) groups is 4. The zero-order valence-corrected chi connectivity index (χ0v) is 18.6. The van der Waals surface area contributed by atoms with E-state index >= 15 is 0 Å². The molecule has 2 fully saturated rings. The van der Waals surface area contributed by atoms with Crippen molar-refractivity contribution in [2.75, 3.05) is 6.61 Å². The number of ether oxygens (including phenoxy) is 1. The van der Waals surface area contributed by atoms with Gasteiger partial charge in [-0.05, 0) is 50.5 Å². The maximum absolute atomic E-state index is 13.3. The summed E-state index contributed by atoms with van der Waals surface area (Å²) in [5, 5.41) is 24.1. The first-order chi connectivity index (χ1) is 15.3. The van der Waals surface area contributed by atoms with E-state index in [4.69, 9.17) is 4.74 Å². The van der Waals surface area contributed by atoms with Crippen molar-refractivity contribution in [3.05, 3.63) is 35.9 Å². The quantitative estimate of drug-likeness (QED) is 0.339. The highest BCUT2D eigenvalue weighted by Crippen LogP contribution is 2.41. The Morgan fingerprint density at radius 2 is 1.91 bits per heavy atom. The minimum absolute atomic E-state index is 0. The first-order valence-corrected chi connectivity index (χ1v) is 11.1. The first kappa shape index (κ1) is 26.3. The van der Waals surface area contributed by atoms with Crippen LogP contribution >= 0.6 is 0 Å². The van der Waals surface area contributed by atoms with Crippen molar-refractivity contribution in [2.45, 2.75) is 69.6 Å². The zero-order valence-electron chi connectivity index (χ0n) is 18.6. The van der Waals surface area contributed by atoms with Gasteiger partial charge in [-0.25, -0.2) is 4.79 Å². The molecule has 1 aliphatic heterocycles. The molecule has 1 aromatic rings. The van der Waals surface area contributed by atoms with Crippen molar-refractivity contribution in [3.63, 3.8) is 0 Å². The third kappa shape index (κ3) is 6.08. The molecule has 1 saturated carbocycles. The smallest absolute Gasteiger partial charge is 0.326 e. The molecule has 0 spiro atoms. The molecule has 1 aliphatic carbocycles. The number of nitrogens with one attached hydrogen (secondary N) is 1. The van der Waals surface area contributed by atoms with Crippen molar-refractivity contribution in [3.8, 4) is 0 Å². The summed E-state index contributed by atoms with van der Waals surface area (Å²) in [5.74, 6) is -4.36. The molecule has 1 saturated heterocycles. The standard InChI is InChI=1S/C23H30N2O7.H2O/c1-2-32-23(31)16(12-11-14-7-4-3-5-8-14)24-19(22(29)30)20(26)25-17-10-6-9-15(17)13-18(25)21(27)28;/h3-5,7-8,15-19,24H,2,6,9-13H2,1H3,(H,27,28)(H,29,30);1H2/p-1/t15-,16-,17-,18-,19+;/m0./s1. The largest absolute Gasteiger partial charge is 0.548 e. The second-order valence-electron chi connectivity index (χ2n) is 8.34. The number of likely N-dealkylation sites (tertiary alicyclic amines) is 1. The summed E-state index contributed by atoms with van der Waals surface area (Å²) in [7, 11) is 0. The van der Waals surface area contributed by atoms with E-state index in [-0.39, 0.29) is 30.5 Å². The Hall–Kier alpha value is -2.98. The van der Waals surface area contributed by atoms with Crippen LogP contribution < -0.4 is 10.4 Å². The molecule has 1 amide bonds. The molecule has 0 aromatic heterocycles. The van der Waals surface area contributed by atoms with Crippen molar-refractivity contribution < 1.29 is 39.6 Å². The molecule has 5 atom stereocenters. The fraction of sp³-hybridized carbons (Fsp3) is 0.565. The lowest BCUT2D eigenvalue weighted by Gasteiger charge is -2.33. The Balaban J connectivity index is 0.00000385. The van der Waals surface area contributed by atoms with E-state index < -0.39 is 41.9 Å². The Morgan fingerprint density at radius 1 is 1.21 bits per heavy atom. The van der Waals surface area contributed by atoms with E-state index in [0.717, 1.165) is 18.4 Å². The van der Waals surface area contributed by atoms with Crippen LogP contribution in [0.4, 0.5) is 0 Å². The fourth-order valence-electron chi connectivity index (χ4n) is 4.88. The van der Waals surface area contributed by atoms with Crippen LogP contribution in [0, 0.1) is 5.92 Å². The van der Waals surface area contributed by atoms with Gasteiger partial charge in [-0.15, -0.1) is 0 Å². The molecule has 1 aromatic carbocycles. The molecule has 10 nitrogen and oxygen atoms in total. The highest BCUT2D eigenvalue weighted by atomic mass is 16.5. The van der Waals surface area contributed by atoms with Crippen LogP contribution in [0.15, 0.2) is 30.3 Å². The summed E-state index contributed by atoms with van der Waals surface area (Å²) in [5.41, 5.74) is 0.944. The summed E-state index contributed by atoms with van der Waals surface area (Å²) >= 11 is 0. The molecule has 10 heteroatoms. The molecule has 0 radical (unpaired) electrons. The van der Waals surface area contributed by atoms with E-state index in [2.05, 4.69) is 5.32 Å². The number of rotatable bonds is 10. The molecule has 2 aliphatic rings. The number of aliphatic carboxylic acids is 2. The average molecular weight is 464 g/mol. The van der Waals surface area contributed by atoms with Crippen LogP contribution in [0.3, 0.4) is 0 Å². The van der Waals surface area contributed by atoms with Crippen molar-refractivity contribution in [1.82, 2.24) is 10.2 Å². The van der Waals surface area contributed by atoms with Gasteiger partial charge in [0.05, 0.1) is 12.6 Å². The first-order valence-electron chi connectivity index (χ1n) is 11.1. The number of aryl methyl sites for hydroxylation is 1. The van der Waals surface area contributed by atoms with Gasteiger partial charge in [-0.3, -0.25) is 14.9 Å². The lowest BCUT2D eigenvalue weighted by molar-refractivity contribution is -0.307. The second kappa shape index (κ2) is 11.8. The molecule has 1 heterocycles. The van der Waals surface area contributed by atoms with Crippen molar-refractivity contribution in [2.24, 2.45) is 5.92 Å². The number of amides is 1. The summed E-state index contributed by atoms with van der Waals surface area (Å²) in [4.78, 5) is 50.7. The van der Waals surface area contributed by atoms with Gasteiger partial charge < -0.3 is 30.1 Å². The number of esters is 1. The predicted octanol–water partition coefficient (Wildman–Crippen LogP) is -0.711. The highest BCUT2D eigenvalue weighted by Gasteiger charge is 2.50. The van der Waals surface area contributed by atoms with Gasteiger partial charge in [-0.1, -0.05) is 36.8 Å². The van der Waals surface area contributed by atoms with Crippen molar-refractivity contribution in [1.29, 1.82) is 0 Å². The molecule has 33 heavy (non-hydrogen) atoms. The molecular weight excluding hydrogens is 432 g/mol. The van der Waals surface area contributed by atoms with Gasteiger partial charge in [0.1, 0.15) is 18.1 Å². The third-order valence-corrected chi connectivity index (χ3v) is 6.36. The highest BCUT2D eigenvalue weighted by molar-refractivity contribution is 6.02. The molecule has 0 bridgehead atoms. The third-order valence-electron chi connectivity index (χ3n) is 6.36. The Bertz CT molecular complexity index is 846. The van der Waals surface area contributed by atoms with Gasteiger partial charge in [0.25, 0.3) is 0 Å². The molecule has 182 valence electrons. The number of nitrogens with zero attached hydrogens (tertiary/aromatic N) is 1. The Kier molecular flexibility index (Phi) is 9.36. The minimum Gasteiger partial charge on any atom is -0.548 e. The summed E-state index contributed by atoms with van der Waals surface area (Å²) in [6.07, 6.45) is 3.27. The number of fused-ring (bicyclic) bond motifs is 1. The SMILES string of the molecule is CCOC(=O)[C@H](CCc1ccccc1)N[C@@H](C(=O)[O-])C(=O)N1[C@H](C(=O)O)C[C@@H]2CCC[C@@H]21.O. The van der Waals surface area contributed by atoms with Crippen LogP contribution in [-0.4, -0.2) is 70.1 Å². The van der Waals surface area contributed by atoms with Crippen LogP contribution in [0.1, 0.15) is 44.6 Å². The van der Waals surface area contributed by atoms with Crippen LogP contribution in [0.5, 0.6) is 0 Å². The number of carboxylic acids is 2.